The first-order valence-electron chi connectivity index (χ1n) is 6.92. The minimum atomic E-state index is -3.06. The quantitative estimate of drug-likeness (QED) is 0.408. The molecule has 1 unspecified atom stereocenters. The number of esters is 1. The highest BCUT2D eigenvalue weighted by molar-refractivity contribution is 7.53. The molecule has 122 valence electrons. The molecular weight excluding hydrogens is 295 g/mol. The van der Waals surface area contributed by atoms with Crippen LogP contribution in [-0.2, 0) is 27.9 Å². The summed E-state index contributed by atoms with van der Waals surface area (Å²) in [4.78, 5) is 11.7. The molecule has 21 heavy (non-hydrogen) atoms. The Labute approximate surface area is 126 Å². The van der Waals surface area contributed by atoms with Gasteiger partial charge in [-0.05, 0) is 33.3 Å². The first kappa shape index (κ1) is 18.4. The monoisotopic (exact) mass is 320 g/mol. The molecule has 1 rings (SSSR count). The van der Waals surface area contributed by atoms with E-state index < -0.39 is 7.60 Å². The van der Waals surface area contributed by atoms with Crippen LogP contribution in [0.1, 0.15) is 27.2 Å². The van der Waals surface area contributed by atoms with E-state index in [-0.39, 0.29) is 23.7 Å². The summed E-state index contributed by atoms with van der Waals surface area (Å²) in [7, 11) is -0.346. The number of ether oxygens (including phenoxy) is 2. The molecule has 7 heteroatoms. The number of hydrogen-bond acceptors (Lipinski definition) is 6. The summed E-state index contributed by atoms with van der Waals surface area (Å²) in [6.45, 7) is 6.49. The van der Waals surface area contributed by atoms with Gasteiger partial charge in [-0.2, -0.15) is 0 Å². The van der Waals surface area contributed by atoms with Gasteiger partial charge in [0.2, 0.25) is 0 Å². The fraction of sp³-hybridized carbons (Fsp3) is 0.786. The van der Waals surface area contributed by atoms with Gasteiger partial charge in [-0.25, -0.2) is 4.79 Å². The minimum Gasteiger partial charge on any atom is -0.462 e. The van der Waals surface area contributed by atoms with E-state index in [0.717, 1.165) is 0 Å². The lowest BCUT2D eigenvalue weighted by Crippen LogP contribution is -2.19. The zero-order valence-corrected chi connectivity index (χ0v) is 14.3. The van der Waals surface area contributed by atoms with E-state index in [2.05, 4.69) is 0 Å². The Morgan fingerprint density at radius 1 is 1.33 bits per heavy atom. The minimum absolute atomic E-state index is 0.0975. The third kappa shape index (κ3) is 5.91. The van der Waals surface area contributed by atoms with Gasteiger partial charge in [0, 0.05) is 25.7 Å². The number of cyclic esters (lactones) is 1. The zero-order valence-electron chi connectivity index (χ0n) is 13.4. The Morgan fingerprint density at radius 2 is 1.95 bits per heavy atom. The van der Waals surface area contributed by atoms with Crippen molar-refractivity contribution in [2.75, 3.05) is 33.6 Å². The summed E-state index contributed by atoms with van der Waals surface area (Å²) in [6, 6.07) is 0. The number of carbonyl (C=O) groups excluding carboxylic acids is 1. The second-order valence-electron chi connectivity index (χ2n) is 5.87. The van der Waals surface area contributed by atoms with Crippen LogP contribution in [0.2, 0.25) is 0 Å². The van der Waals surface area contributed by atoms with Crippen LogP contribution < -0.4 is 0 Å². The Hall–Kier alpha value is -0.680. The Balaban J connectivity index is 2.63. The highest BCUT2D eigenvalue weighted by atomic mass is 31.2. The predicted octanol–water partition coefficient (Wildman–Crippen LogP) is 2.78. The van der Waals surface area contributed by atoms with Crippen molar-refractivity contribution in [3.05, 3.63) is 11.6 Å². The average molecular weight is 320 g/mol. The highest BCUT2D eigenvalue weighted by Crippen LogP contribution is 2.48. The van der Waals surface area contributed by atoms with Gasteiger partial charge in [0.25, 0.3) is 0 Å². The summed E-state index contributed by atoms with van der Waals surface area (Å²) in [5, 5.41) is 0. The number of hydrogen-bond donors (Lipinski definition) is 0. The first-order valence-corrected chi connectivity index (χ1v) is 8.65. The summed E-state index contributed by atoms with van der Waals surface area (Å²) in [6.07, 6.45) is 2.50. The van der Waals surface area contributed by atoms with Gasteiger partial charge in [0.05, 0.1) is 25.0 Å². The lowest BCUT2D eigenvalue weighted by atomic mass is 9.99. The van der Waals surface area contributed by atoms with Crippen molar-refractivity contribution in [2.24, 2.45) is 5.92 Å². The Kier molecular flexibility index (Phi) is 6.60. The van der Waals surface area contributed by atoms with Gasteiger partial charge in [0.1, 0.15) is 0 Å². The summed E-state index contributed by atoms with van der Waals surface area (Å²) in [5.74, 6) is -0.429. The smallest absolute Gasteiger partial charge is 0.334 e. The van der Waals surface area contributed by atoms with Crippen molar-refractivity contribution in [1.82, 2.24) is 0 Å². The summed E-state index contributed by atoms with van der Waals surface area (Å²) < 4.78 is 32.5. The second kappa shape index (κ2) is 7.54. The molecule has 0 aromatic heterocycles. The van der Waals surface area contributed by atoms with E-state index in [1.54, 1.807) is 6.08 Å². The van der Waals surface area contributed by atoms with Crippen molar-refractivity contribution in [3.63, 3.8) is 0 Å². The Bertz CT molecular complexity index is 429. The Morgan fingerprint density at radius 3 is 2.48 bits per heavy atom. The largest absolute Gasteiger partial charge is 0.462 e. The SMILES string of the molecule is COP(=O)(CCC1COC(=O)/C1=C\COC(C)(C)C)OC. The van der Waals surface area contributed by atoms with Crippen LogP contribution in [0.5, 0.6) is 0 Å². The van der Waals surface area contributed by atoms with Crippen molar-refractivity contribution >= 4 is 13.6 Å². The molecule has 1 heterocycles. The van der Waals surface area contributed by atoms with Gasteiger partial charge >= 0.3 is 13.6 Å². The molecule has 1 fully saturated rings. The number of rotatable bonds is 7. The fourth-order valence-corrected chi connectivity index (χ4v) is 3.10. The van der Waals surface area contributed by atoms with Crippen molar-refractivity contribution < 1.29 is 27.9 Å². The molecule has 0 spiro atoms. The summed E-state index contributed by atoms with van der Waals surface area (Å²) >= 11 is 0. The second-order valence-corrected chi connectivity index (χ2v) is 8.27. The third-order valence-corrected chi connectivity index (χ3v) is 5.14. The van der Waals surface area contributed by atoms with Crippen LogP contribution in [0.15, 0.2) is 11.6 Å². The molecule has 6 nitrogen and oxygen atoms in total. The zero-order chi connectivity index (χ0) is 16.1. The van der Waals surface area contributed by atoms with Crippen molar-refractivity contribution in [2.45, 2.75) is 32.8 Å². The molecular formula is C14H25O6P. The van der Waals surface area contributed by atoms with Gasteiger partial charge in [-0.3, -0.25) is 4.57 Å². The third-order valence-electron chi connectivity index (χ3n) is 3.22. The molecule has 1 aliphatic rings. The van der Waals surface area contributed by atoms with Crippen LogP contribution in [0.25, 0.3) is 0 Å². The standard InChI is InChI=1S/C14H25O6P/c1-14(2,3)20-8-6-12-11(10-19-13(12)15)7-9-21(16,17-4)18-5/h6,11H,7-10H2,1-5H3/b12-6-. The topological polar surface area (TPSA) is 71.1 Å². The van der Waals surface area contributed by atoms with Gasteiger partial charge in [-0.15, -0.1) is 0 Å². The van der Waals surface area contributed by atoms with Gasteiger partial charge in [0.15, 0.2) is 0 Å². The number of carbonyl (C=O) groups is 1. The van der Waals surface area contributed by atoms with E-state index in [9.17, 15) is 9.36 Å². The normalized spacial score (nSPS) is 21.9. The van der Waals surface area contributed by atoms with Gasteiger partial charge < -0.3 is 18.5 Å². The van der Waals surface area contributed by atoms with E-state index in [0.29, 0.717) is 25.2 Å². The first-order chi connectivity index (χ1) is 9.71. The van der Waals surface area contributed by atoms with Crippen molar-refractivity contribution in [1.29, 1.82) is 0 Å². The molecule has 0 aliphatic carbocycles. The van der Waals surface area contributed by atoms with Crippen LogP contribution in [0.3, 0.4) is 0 Å². The van der Waals surface area contributed by atoms with Crippen LogP contribution >= 0.6 is 7.60 Å². The molecule has 0 N–H and O–H groups in total. The van der Waals surface area contributed by atoms with E-state index in [1.165, 1.54) is 14.2 Å². The molecule has 0 bridgehead atoms. The maximum absolute atomic E-state index is 12.0. The molecule has 0 radical (unpaired) electrons. The van der Waals surface area contributed by atoms with E-state index in [4.69, 9.17) is 18.5 Å². The molecule has 0 aromatic carbocycles. The fourth-order valence-electron chi connectivity index (χ4n) is 1.96. The molecule has 1 aliphatic heterocycles. The molecule has 0 saturated carbocycles. The van der Waals surface area contributed by atoms with E-state index >= 15 is 0 Å². The average Bonchev–Trinajstić information content (AvgIpc) is 2.76. The lowest BCUT2D eigenvalue weighted by Gasteiger charge is -2.18. The molecule has 1 atom stereocenters. The predicted molar refractivity (Wildman–Crippen MR) is 79.3 cm³/mol. The lowest BCUT2D eigenvalue weighted by molar-refractivity contribution is -0.135. The van der Waals surface area contributed by atoms with Crippen molar-refractivity contribution in [3.8, 4) is 0 Å². The highest BCUT2D eigenvalue weighted by Gasteiger charge is 2.33. The summed E-state index contributed by atoms with van der Waals surface area (Å²) in [5.41, 5.74) is 0.314. The molecule has 0 aromatic rings. The van der Waals surface area contributed by atoms with Gasteiger partial charge in [-0.1, -0.05) is 0 Å². The van der Waals surface area contributed by atoms with Crippen LogP contribution in [0.4, 0.5) is 0 Å². The molecule has 1 saturated heterocycles. The maximum atomic E-state index is 12.0. The van der Waals surface area contributed by atoms with Crippen LogP contribution in [-0.4, -0.2) is 45.2 Å². The molecule has 0 amide bonds. The van der Waals surface area contributed by atoms with Crippen LogP contribution in [0, 0.1) is 5.92 Å². The maximum Gasteiger partial charge on any atom is 0.334 e. The van der Waals surface area contributed by atoms with E-state index in [1.807, 2.05) is 20.8 Å².